The lowest BCUT2D eigenvalue weighted by Gasteiger charge is -2.23. The van der Waals surface area contributed by atoms with Gasteiger partial charge in [-0.15, -0.1) is 0 Å². The fraction of sp³-hybridized carbons (Fsp3) is 0.333. The molecule has 0 spiro atoms. The van der Waals surface area contributed by atoms with Crippen LogP contribution in [0.5, 0.6) is 0 Å². The van der Waals surface area contributed by atoms with Crippen LogP contribution in [0.2, 0.25) is 0 Å². The average Bonchev–Trinajstić information content (AvgIpc) is 2.48. The highest BCUT2D eigenvalue weighted by Crippen LogP contribution is 2.31. The standard InChI is InChI=1S/C18H18F4N2O/c1-10-8-12(19)14(9-11(10)17(2,3)4)24-16(25)13-6-5-7-15(23-13)18(20,21)22/h5-9H,1-4H3,(H,24,25). The monoisotopic (exact) mass is 354 g/mol. The van der Waals surface area contributed by atoms with Gasteiger partial charge in [0.25, 0.3) is 5.91 Å². The molecule has 1 aromatic carbocycles. The highest BCUT2D eigenvalue weighted by Gasteiger charge is 2.33. The molecule has 0 aliphatic rings. The number of halogens is 4. The van der Waals surface area contributed by atoms with Crippen molar-refractivity contribution in [2.24, 2.45) is 0 Å². The molecule has 0 saturated heterocycles. The normalized spacial score (nSPS) is 12.2. The Kier molecular flexibility index (Phi) is 4.88. The van der Waals surface area contributed by atoms with Gasteiger partial charge in [0.1, 0.15) is 17.2 Å². The number of alkyl halides is 3. The molecule has 1 heterocycles. The van der Waals surface area contributed by atoms with Crippen molar-refractivity contribution < 1.29 is 22.4 Å². The van der Waals surface area contributed by atoms with Gasteiger partial charge in [-0.05, 0) is 47.7 Å². The maximum Gasteiger partial charge on any atom is 0.433 e. The van der Waals surface area contributed by atoms with Crippen LogP contribution in [0.4, 0.5) is 23.2 Å². The molecule has 0 radical (unpaired) electrons. The van der Waals surface area contributed by atoms with E-state index in [2.05, 4.69) is 10.3 Å². The summed E-state index contributed by atoms with van der Waals surface area (Å²) in [6.07, 6.45) is -4.66. The molecule has 3 nitrogen and oxygen atoms in total. The van der Waals surface area contributed by atoms with Gasteiger partial charge >= 0.3 is 6.18 Å². The van der Waals surface area contributed by atoms with Crippen molar-refractivity contribution in [3.63, 3.8) is 0 Å². The summed E-state index contributed by atoms with van der Waals surface area (Å²) in [6, 6.07) is 5.77. The smallest absolute Gasteiger partial charge is 0.318 e. The van der Waals surface area contributed by atoms with Crippen LogP contribution in [-0.2, 0) is 11.6 Å². The van der Waals surface area contributed by atoms with E-state index in [0.717, 1.165) is 29.3 Å². The number of aromatic nitrogens is 1. The van der Waals surface area contributed by atoms with E-state index in [1.165, 1.54) is 12.1 Å². The summed E-state index contributed by atoms with van der Waals surface area (Å²) >= 11 is 0. The SMILES string of the molecule is Cc1cc(F)c(NC(=O)c2cccc(C(F)(F)F)n2)cc1C(C)(C)C. The molecular weight excluding hydrogens is 336 g/mol. The minimum absolute atomic E-state index is 0.0975. The Labute approximate surface area is 143 Å². The maximum absolute atomic E-state index is 14.1. The Morgan fingerprint density at radius 3 is 2.32 bits per heavy atom. The first kappa shape index (κ1) is 18.9. The highest BCUT2D eigenvalue weighted by molar-refractivity contribution is 6.03. The van der Waals surface area contributed by atoms with E-state index in [9.17, 15) is 22.4 Å². The van der Waals surface area contributed by atoms with Crippen LogP contribution >= 0.6 is 0 Å². The molecule has 1 N–H and O–H groups in total. The Hall–Kier alpha value is -2.44. The first-order valence-corrected chi connectivity index (χ1v) is 7.56. The molecule has 25 heavy (non-hydrogen) atoms. The van der Waals surface area contributed by atoms with Gasteiger partial charge in [0, 0.05) is 0 Å². The third-order valence-corrected chi connectivity index (χ3v) is 3.64. The number of aryl methyl sites for hydroxylation is 1. The van der Waals surface area contributed by atoms with Crippen LogP contribution in [0.1, 0.15) is 48.1 Å². The zero-order valence-corrected chi connectivity index (χ0v) is 14.3. The van der Waals surface area contributed by atoms with E-state index < -0.39 is 29.3 Å². The molecule has 1 aromatic heterocycles. The number of pyridine rings is 1. The van der Waals surface area contributed by atoms with E-state index in [1.54, 1.807) is 6.92 Å². The molecule has 0 aliphatic heterocycles. The van der Waals surface area contributed by atoms with Gasteiger partial charge in [0.15, 0.2) is 0 Å². The van der Waals surface area contributed by atoms with Gasteiger partial charge in [0.2, 0.25) is 0 Å². The van der Waals surface area contributed by atoms with E-state index in [-0.39, 0.29) is 11.1 Å². The Balaban J connectivity index is 2.36. The Morgan fingerprint density at radius 2 is 1.76 bits per heavy atom. The second-order valence-corrected chi connectivity index (χ2v) is 6.76. The van der Waals surface area contributed by atoms with Crippen LogP contribution in [0.15, 0.2) is 30.3 Å². The van der Waals surface area contributed by atoms with Gasteiger partial charge in [-0.1, -0.05) is 26.8 Å². The molecule has 0 atom stereocenters. The lowest BCUT2D eigenvalue weighted by molar-refractivity contribution is -0.141. The number of nitrogens with zero attached hydrogens (tertiary/aromatic N) is 1. The van der Waals surface area contributed by atoms with Gasteiger partial charge < -0.3 is 5.32 Å². The van der Waals surface area contributed by atoms with Gasteiger partial charge in [0.05, 0.1) is 5.69 Å². The maximum atomic E-state index is 14.1. The molecule has 2 aromatic rings. The van der Waals surface area contributed by atoms with Gasteiger partial charge in [-0.2, -0.15) is 13.2 Å². The largest absolute Gasteiger partial charge is 0.433 e. The second kappa shape index (κ2) is 6.46. The molecule has 0 saturated carbocycles. The Morgan fingerprint density at radius 1 is 1.12 bits per heavy atom. The summed E-state index contributed by atoms with van der Waals surface area (Å²) in [5, 5.41) is 2.30. The van der Waals surface area contributed by atoms with Crippen LogP contribution < -0.4 is 5.32 Å². The number of rotatable bonds is 2. The van der Waals surface area contributed by atoms with Crippen molar-refractivity contribution in [2.45, 2.75) is 39.3 Å². The summed E-state index contributed by atoms with van der Waals surface area (Å²) in [7, 11) is 0. The lowest BCUT2D eigenvalue weighted by atomic mass is 9.84. The zero-order valence-electron chi connectivity index (χ0n) is 14.3. The third kappa shape index (κ3) is 4.35. The molecule has 0 fully saturated rings. The van der Waals surface area contributed by atoms with E-state index >= 15 is 0 Å². The van der Waals surface area contributed by atoms with E-state index in [1.807, 2.05) is 20.8 Å². The minimum atomic E-state index is -4.66. The van der Waals surface area contributed by atoms with Crippen LogP contribution in [0.3, 0.4) is 0 Å². The summed E-state index contributed by atoms with van der Waals surface area (Å²) in [6.45, 7) is 7.57. The van der Waals surface area contributed by atoms with E-state index in [4.69, 9.17) is 0 Å². The zero-order chi connectivity index (χ0) is 19.0. The second-order valence-electron chi connectivity index (χ2n) is 6.76. The predicted molar refractivity (Wildman–Crippen MR) is 87.0 cm³/mol. The van der Waals surface area contributed by atoms with Crippen LogP contribution in [-0.4, -0.2) is 10.9 Å². The number of nitrogens with one attached hydrogen (secondary N) is 1. The number of carbonyl (C=O) groups is 1. The lowest BCUT2D eigenvalue weighted by Crippen LogP contribution is -2.19. The topological polar surface area (TPSA) is 42.0 Å². The molecule has 1 amide bonds. The third-order valence-electron chi connectivity index (χ3n) is 3.64. The molecule has 0 aliphatic carbocycles. The number of benzene rings is 1. The van der Waals surface area contributed by atoms with Crippen molar-refractivity contribution in [1.29, 1.82) is 0 Å². The quantitative estimate of drug-likeness (QED) is 0.763. The number of hydrogen-bond acceptors (Lipinski definition) is 2. The number of amides is 1. The van der Waals surface area contributed by atoms with E-state index in [0.29, 0.717) is 0 Å². The van der Waals surface area contributed by atoms with Crippen molar-refractivity contribution in [3.05, 3.63) is 58.7 Å². The van der Waals surface area contributed by atoms with Gasteiger partial charge in [-0.3, -0.25) is 4.79 Å². The molecule has 2 rings (SSSR count). The van der Waals surface area contributed by atoms with Gasteiger partial charge in [-0.25, -0.2) is 9.37 Å². The average molecular weight is 354 g/mol. The number of anilines is 1. The minimum Gasteiger partial charge on any atom is -0.318 e. The van der Waals surface area contributed by atoms with Crippen molar-refractivity contribution >= 4 is 11.6 Å². The predicted octanol–water partition coefficient (Wildman–Crippen LogP) is 5.10. The van der Waals surface area contributed by atoms with Crippen LogP contribution in [0, 0.1) is 12.7 Å². The van der Waals surface area contributed by atoms with Crippen molar-refractivity contribution in [1.82, 2.24) is 4.98 Å². The van der Waals surface area contributed by atoms with Crippen molar-refractivity contribution in [2.75, 3.05) is 5.32 Å². The molecular formula is C18H18F4N2O. The fourth-order valence-electron chi connectivity index (χ4n) is 2.48. The number of hydrogen-bond donors (Lipinski definition) is 1. The summed E-state index contributed by atoms with van der Waals surface area (Å²) in [5.41, 5.74) is -0.459. The molecule has 0 unspecified atom stereocenters. The molecule has 7 heteroatoms. The summed E-state index contributed by atoms with van der Waals surface area (Å²) < 4.78 is 52.2. The fourth-order valence-corrected chi connectivity index (χ4v) is 2.48. The first-order valence-electron chi connectivity index (χ1n) is 7.56. The molecule has 134 valence electrons. The molecule has 0 bridgehead atoms. The summed E-state index contributed by atoms with van der Waals surface area (Å²) in [5.74, 6) is -1.57. The first-order chi connectivity index (χ1) is 11.4. The number of carbonyl (C=O) groups excluding carboxylic acids is 1. The summed E-state index contributed by atoms with van der Waals surface area (Å²) in [4.78, 5) is 15.5. The van der Waals surface area contributed by atoms with Crippen molar-refractivity contribution in [3.8, 4) is 0 Å². The Bertz CT molecular complexity index is 808. The van der Waals surface area contributed by atoms with Crippen LogP contribution in [0.25, 0.3) is 0 Å². The highest BCUT2D eigenvalue weighted by atomic mass is 19.4.